The lowest BCUT2D eigenvalue weighted by Gasteiger charge is -2.34. The van der Waals surface area contributed by atoms with Gasteiger partial charge in [-0.2, -0.15) is 13.2 Å². The minimum absolute atomic E-state index is 0.175. The third-order valence-electron chi connectivity index (χ3n) is 6.32. The Labute approximate surface area is 196 Å². The number of rotatable bonds is 5. The molecule has 0 unspecified atom stereocenters. The van der Waals surface area contributed by atoms with E-state index in [0.717, 1.165) is 49.6 Å². The van der Waals surface area contributed by atoms with Gasteiger partial charge in [0.15, 0.2) is 5.82 Å². The number of fused-ring (bicyclic) bond motifs is 2. The van der Waals surface area contributed by atoms with E-state index in [2.05, 4.69) is 31.7 Å². The summed E-state index contributed by atoms with van der Waals surface area (Å²) in [6.45, 7) is 8.05. The van der Waals surface area contributed by atoms with E-state index in [1.54, 1.807) is 24.4 Å². The van der Waals surface area contributed by atoms with Crippen molar-refractivity contribution in [2.45, 2.75) is 38.4 Å². The fraction of sp³-hybridized carbons (Fsp3) is 0.320. The largest absolute Gasteiger partial charge is 0.416 e. The zero-order valence-electron chi connectivity index (χ0n) is 18.8. The highest BCUT2D eigenvalue weighted by Gasteiger charge is 2.35. The van der Waals surface area contributed by atoms with Gasteiger partial charge in [0.2, 0.25) is 0 Å². The molecule has 0 atom stereocenters. The average molecular weight is 467 g/mol. The van der Waals surface area contributed by atoms with Gasteiger partial charge in [-0.3, -0.25) is 0 Å². The second-order valence-corrected chi connectivity index (χ2v) is 8.49. The summed E-state index contributed by atoms with van der Waals surface area (Å²) in [5.41, 5.74) is 1.17. The van der Waals surface area contributed by atoms with E-state index in [1.165, 1.54) is 6.07 Å². The number of hydrogen-bond acceptors (Lipinski definition) is 6. The van der Waals surface area contributed by atoms with E-state index in [0.29, 0.717) is 35.1 Å². The molecule has 1 aromatic carbocycles. The van der Waals surface area contributed by atoms with Crippen LogP contribution >= 0.6 is 0 Å². The second kappa shape index (κ2) is 8.62. The molecule has 176 valence electrons. The molecule has 0 aliphatic carbocycles. The van der Waals surface area contributed by atoms with Crippen LogP contribution in [0.25, 0.3) is 11.3 Å². The molecule has 9 heteroatoms. The number of nitrogens with one attached hydrogen (secondary N) is 1. The Kier molecular flexibility index (Phi) is 5.63. The second-order valence-electron chi connectivity index (χ2n) is 8.49. The Morgan fingerprint density at radius 3 is 2.65 bits per heavy atom. The van der Waals surface area contributed by atoms with Gasteiger partial charge in [-0.1, -0.05) is 25.6 Å². The summed E-state index contributed by atoms with van der Waals surface area (Å²) in [5, 5.41) is 3.30. The summed E-state index contributed by atoms with van der Waals surface area (Å²) in [6.07, 6.45) is -0.126. The SMILES string of the molecule is C=C(Nc1ccnc(CC)n1)N1c2nc(-c3cccc(C(F)(F)F)c3)ccc2N2CCC1CC2. The van der Waals surface area contributed by atoms with Gasteiger partial charge in [-0.05, 0) is 43.2 Å². The Morgan fingerprint density at radius 2 is 1.91 bits per heavy atom. The van der Waals surface area contributed by atoms with Crippen molar-refractivity contribution in [2.24, 2.45) is 0 Å². The monoisotopic (exact) mass is 466 g/mol. The molecule has 1 fully saturated rings. The minimum Gasteiger partial charge on any atom is -0.368 e. The average Bonchev–Trinajstić information content (AvgIpc) is 3.09. The molecule has 0 saturated carbocycles. The number of halogens is 3. The van der Waals surface area contributed by atoms with E-state index >= 15 is 0 Å². The molecular formula is C25H25F3N6. The van der Waals surface area contributed by atoms with Gasteiger partial charge in [0.05, 0.1) is 16.9 Å². The molecule has 3 aliphatic rings. The molecular weight excluding hydrogens is 441 g/mol. The maximum atomic E-state index is 13.3. The third kappa shape index (κ3) is 4.18. The van der Waals surface area contributed by atoms with Crippen molar-refractivity contribution in [3.8, 4) is 11.3 Å². The number of aryl methyl sites for hydroxylation is 1. The molecule has 0 amide bonds. The van der Waals surface area contributed by atoms with E-state index < -0.39 is 11.7 Å². The molecule has 3 aromatic rings. The first-order valence-electron chi connectivity index (χ1n) is 11.3. The minimum atomic E-state index is -4.41. The Bertz CT molecular complexity index is 1220. The summed E-state index contributed by atoms with van der Waals surface area (Å²) < 4.78 is 39.9. The number of benzene rings is 1. The molecule has 0 radical (unpaired) electrons. The Morgan fingerprint density at radius 1 is 1.12 bits per heavy atom. The number of pyridine rings is 1. The fourth-order valence-corrected chi connectivity index (χ4v) is 4.61. The van der Waals surface area contributed by atoms with Crippen LogP contribution in [0.15, 0.2) is 61.1 Å². The van der Waals surface area contributed by atoms with Crippen molar-refractivity contribution < 1.29 is 13.2 Å². The van der Waals surface area contributed by atoms with Crippen LogP contribution in [0.5, 0.6) is 0 Å². The molecule has 3 aliphatic heterocycles. The highest BCUT2D eigenvalue weighted by atomic mass is 19.4. The van der Waals surface area contributed by atoms with Gasteiger partial charge in [-0.25, -0.2) is 15.0 Å². The highest BCUT2D eigenvalue weighted by molar-refractivity contribution is 5.77. The van der Waals surface area contributed by atoms with Gasteiger partial charge in [0.1, 0.15) is 17.5 Å². The van der Waals surface area contributed by atoms with E-state index in [9.17, 15) is 13.2 Å². The van der Waals surface area contributed by atoms with Crippen molar-refractivity contribution in [2.75, 3.05) is 28.2 Å². The zero-order valence-corrected chi connectivity index (χ0v) is 18.8. The topological polar surface area (TPSA) is 57.2 Å². The van der Waals surface area contributed by atoms with E-state index in [1.807, 2.05) is 13.0 Å². The van der Waals surface area contributed by atoms with Crippen LogP contribution in [0.1, 0.15) is 31.2 Å². The lowest BCUT2D eigenvalue weighted by molar-refractivity contribution is -0.137. The van der Waals surface area contributed by atoms with Crippen LogP contribution < -0.4 is 15.1 Å². The molecule has 0 spiro atoms. The summed E-state index contributed by atoms with van der Waals surface area (Å²) in [4.78, 5) is 18.0. The van der Waals surface area contributed by atoms with Gasteiger partial charge in [0, 0.05) is 37.3 Å². The maximum absolute atomic E-state index is 13.3. The summed E-state index contributed by atoms with van der Waals surface area (Å²) in [6, 6.07) is 11.0. The quantitative estimate of drug-likeness (QED) is 0.537. The number of hydrogen-bond donors (Lipinski definition) is 1. The molecule has 6 rings (SSSR count). The van der Waals surface area contributed by atoms with Gasteiger partial charge in [0.25, 0.3) is 0 Å². The Hall–Kier alpha value is -3.62. The lowest BCUT2D eigenvalue weighted by atomic mass is 10.1. The standard InChI is InChI=1S/C25H25F3N6/c1-3-22-29-12-9-23(32-22)30-16(2)34-19-10-13-33(14-11-19)21-8-7-20(31-24(21)34)17-5-4-6-18(15-17)25(26,27)28/h4-9,12,15,19H,2-3,10-11,13-14H2,1H3,(H,29,30,32). The lowest BCUT2D eigenvalue weighted by Crippen LogP contribution is -2.41. The van der Waals surface area contributed by atoms with E-state index in [-0.39, 0.29) is 6.04 Å². The van der Waals surface area contributed by atoms with Crippen molar-refractivity contribution in [1.82, 2.24) is 15.0 Å². The summed E-state index contributed by atoms with van der Waals surface area (Å²) in [7, 11) is 0. The van der Waals surface area contributed by atoms with Crippen molar-refractivity contribution in [3.05, 3.63) is 72.4 Å². The van der Waals surface area contributed by atoms with Crippen molar-refractivity contribution in [3.63, 3.8) is 0 Å². The molecule has 1 saturated heterocycles. The predicted octanol–water partition coefficient (Wildman–Crippen LogP) is 5.49. The van der Waals surface area contributed by atoms with Crippen LogP contribution in [-0.4, -0.2) is 34.1 Å². The molecule has 2 bridgehead atoms. The number of piperidine rings is 1. The number of nitrogens with zero attached hydrogens (tertiary/aromatic N) is 5. The van der Waals surface area contributed by atoms with Crippen LogP contribution in [0.2, 0.25) is 0 Å². The summed E-state index contributed by atoms with van der Waals surface area (Å²) in [5.74, 6) is 2.69. The number of alkyl halides is 3. The zero-order chi connectivity index (χ0) is 23.9. The van der Waals surface area contributed by atoms with Crippen LogP contribution in [-0.2, 0) is 12.6 Å². The highest BCUT2D eigenvalue weighted by Crippen LogP contribution is 2.41. The fourth-order valence-electron chi connectivity index (χ4n) is 4.61. The van der Waals surface area contributed by atoms with Crippen molar-refractivity contribution in [1.29, 1.82) is 0 Å². The molecule has 1 N–H and O–H groups in total. The first-order chi connectivity index (χ1) is 16.3. The van der Waals surface area contributed by atoms with Gasteiger partial charge >= 0.3 is 6.18 Å². The van der Waals surface area contributed by atoms with Gasteiger partial charge in [-0.15, -0.1) is 0 Å². The maximum Gasteiger partial charge on any atom is 0.416 e. The first-order valence-corrected chi connectivity index (χ1v) is 11.3. The smallest absolute Gasteiger partial charge is 0.368 e. The molecule has 6 nitrogen and oxygen atoms in total. The summed E-state index contributed by atoms with van der Waals surface area (Å²) >= 11 is 0. The van der Waals surface area contributed by atoms with Crippen LogP contribution in [0, 0.1) is 0 Å². The third-order valence-corrected chi connectivity index (χ3v) is 6.32. The molecule has 5 heterocycles. The molecule has 34 heavy (non-hydrogen) atoms. The van der Waals surface area contributed by atoms with Crippen molar-refractivity contribution >= 4 is 17.3 Å². The van der Waals surface area contributed by atoms with Crippen LogP contribution in [0.3, 0.4) is 0 Å². The number of anilines is 3. The predicted molar refractivity (Wildman–Crippen MR) is 127 cm³/mol. The van der Waals surface area contributed by atoms with E-state index in [4.69, 9.17) is 4.98 Å². The number of aromatic nitrogens is 3. The normalized spacial score (nSPS) is 15.8. The molecule has 2 aromatic heterocycles. The van der Waals surface area contributed by atoms with Gasteiger partial charge < -0.3 is 15.1 Å². The Balaban J connectivity index is 1.54. The van der Waals surface area contributed by atoms with Crippen LogP contribution in [0.4, 0.5) is 30.5 Å². The first kappa shape index (κ1) is 22.2.